The highest BCUT2D eigenvalue weighted by molar-refractivity contribution is 7.98. The van der Waals surface area contributed by atoms with Crippen LogP contribution in [0, 0.1) is 0 Å². The smallest absolute Gasteiger partial charge is 0.162 e. The number of rotatable bonds is 9. The number of fused-ring (bicyclic) bond motifs is 1. The first-order valence-corrected chi connectivity index (χ1v) is 8.82. The maximum atomic E-state index is 5.65. The average molecular weight is 311 g/mol. The third kappa shape index (κ3) is 5.09. The Bertz CT molecular complexity index is 440. The summed E-state index contributed by atoms with van der Waals surface area (Å²) in [6.07, 6.45) is 4.22. The van der Waals surface area contributed by atoms with Crippen LogP contribution in [0.3, 0.4) is 0 Å². The molecule has 1 heterocycles. The standard InChI is InChI=1S/C16H25NO3S/c1-3-6-18-7-4-5-17-12-13-10-14-15(11-16(13)21-2)20-9-8-19-14/h10-11,17H,3-9,12H2,1-2H3. The van der Waals surface area contributed by atoms with E-state index >= 15 is 0 Å². The predicted molar refractivity (Wildman–Crippen MR) is 86.6 cm³/mol. The molecule has 0 saturated heterocycles. The summed E-state index contributed by atoms with van der Waals surface area (Å²) >= 11 is 1.74. The van der Waals surface area contributed by atoms with E-state index in [4.69, 9.17) is 14.2 Å². The number of hydrogen-bond donors (Lipinski definition) is 1. The van der Waals surface area contributed by atoms with Gasteiger partial charge in [0.15, 0.2) is 11.5 Å². The number of hydrogen-bond acceptors (Lipinski definition) is 5. The molecule has 1 aliphatic heterocycles. The Morgan fingerprint density at radius 1 is 1.19 bits per heavy atom. The zero-order valence-electron chi connectivity index (χ0n) is 12.9. The molecule has 0 aromatic heterocycles. The number of nitrogens with one attached hydrogen (secondary N) is 1. The molecular formula is C16H25NO3S. The van der Waals surface area contributed by atoms with Gasteiger partial charge in [-0.15, -0.1) is 11.8 Å². The lowest BCUT2D eigenvalue weighted by molar-refractivity contribution is 0.132. The second-order valence-corrected chi connectivity index (χ2v) is 5.80. The summed E-state index contributed by atoms with van der Waals surface area (Å²) in [7, 11) is 0. The monoisotopic (exact) mass is 311 g/mol. The fraction of sp³-hybridized carbons (Fsp3) is 0.625. The highest BCUT2D eigenvalue weighted by Gasteiger charge is 2.15. The van der Waals surface area contributed by atoms with Crippen molar-refractivity contribution in [2.45, 2.75) is 31.2 Å². The van der Waals surface area contributed by atoms with E-state index in [1.807, 2.05) is 0 Å². The summed E-state index contributed by atoms with van der Waals surface area (Å²) < 4.78 is 16.8. The Balaban J connectivity index is 1.81. The predicted octanol–water partition coefficient (Wildman–Crippen LogP) is 3.09. The lowest BCUT2D eigenvalue weighted by Crippen LogP contribution is -2.19. The van der Waals surface area contributed by atoms with Gasteiger partial charge in [0.1, 0.15) is 13.2 Å². The third-order valence-electron chi connectivity index (χ3n) is 3.25. The Labute approximate surface area is 131 Å². The van der Waals surface area contributed by atoms with E-state index in [1.54, 1.807) is 11.8 Å². The van der Waals surface area contributed by atoms with Gasteiger partial charge in [0.25, 0.3) is 0 Å². The molecule has 0 bridgehead atoms. The molecular weight excluding hydrogens is 286 g/mol. The minimum absolute atomic E-state index is 0.632. The first-order valence-electron chi connectivity index (χ1n) is 7.60. The molecule has 0 fully saturated rings. The van der Waals surface area contributed by atoms with Crippen LogP contribution in [0.15, 0.2) is 17.0 Å². The second kappa shape index (κ2) is 9.18. The van der Waals surface area contributed by atoms with Gasteiger partial charge in [-0.25, -0.2) is 0 Å². The summed E-state index contributed by atoms with van der Waals surface area (Å²) in [4.78, 5) is 1.24. The quantitative estimate of drug-likeness (QED) is 0.560. The molecule has 118 valence electrons. The van der Waals surface area contributed by atoms with Crippen LogP contribution in [-0.4, -0.2) is 39.2 Å². The second-order valence-electron chi connectivity index (χ2n) is 4.95. The van der Waals surface area contributed by atoms with Gasteiger partial charge in [-0.05, 0) is 43.3 Å². The molecule has 0 unspecified atom stereocenters. The van der Waals surface area contributed by atoms with E-state index in [2.05, 4.69) is 30.6 Å². The van der Waals surface area contributed by atoms with Gasteiger partial charge in [-0.1, -0.05) is 6.92 Å². The van der Waals surface area contributed by atoms with Crippen molar-refractivity contribution in [1.29, 1.82) is 0 Å². The molecule has 0 aliphatic carbocycles. The molecule has 0 radical (unpaired) electrons. The fourth-order valence-electron chi connectivity index (χ4n) is 2.21. The largest absolute Gasteiger partial charge is 0.486 e. The van der Waals surface area contributed by atoms with Gasteiger partial charge in [0.05, 0.1) is 0 Å². The Morgan fingerprint density at radius 2 is 1.95 bits per heavy atom. The van der Waals surface area contributed by atoms with Gasteiger partial charge < -0.3 is 19.5 Å². The Morgan fingerprint density at radius 3 is 2.67 bits per heavy atom. The van der Waals surface area contributed by atoms with Crippen LogP contribution in [0.2, 0.25) is 0 Å². The van der Waals surface area contributed by atoms with Crippen LogP contribution in [0.25, 0.3) is 0 Å². The average Bonchev–Trinajstić information content (AvgIpc) is 2.53. The van der Waals surface area contributed by atoms with Crippen molar-refractivity contribution in [3.8, 4) is 11.5 Å². The molecule has 4 nitrogen and oxygen atoms in total. The van der Waals surface area contributed by atoms with Crippen LogP contribution in [-0.2, 0) is 11.3 Å². The van der Waals surface area contributed by atoms with Crippen LogP contribution in [0.4, 0.5) is 0 Å². The summed E-state index contributed by atoms with van der Waals surface area (Å²) in [6, 6.07) is 4.18. The molecule has 1 aromatic carbocycles. The van der Waals surface area contributed by atoms with Crippen molar-refractivity contribution in [3.63, 3.8) is 0 Å². The lowest BCUT2D eigenvalue weighted by atomic mass is 10.2. The van der Waals surface area contributed by atoms with Crippen molar-refractivity contribution in [2.75, 3.05) is 39.2 Å². The summed E-state index contributed by atoms with van der Waals surface area (Å²) in [5, 5.41) is 3.47. The third-order valence-corrected chi connectivity index (χ3v) is 4.07. The normalized spacial score (nSPS) is 13.4. The molecule has 0 saturated carbocycles. The lowest BCUT2D eigenvalue weighted by Gasteiger charge is -2.21. The molecule has 0 atom stereocenters. The van der Waals surface area contributed by atoms with Crippen molar-refractivity contribution in [2.24, 2.45) is 0 Å². The number of ether oxygens (including phenoxy) is 3. The van der Waals surface area contributed by atoms with Crippen LogP contribution in [0.5, 0.6) is 11.5 Å². The maximum absolute atomic E-state index is 5.65. The molecule has 21 heavy (non-hydrogen) atoms. The first-order chi connectivity index (χ1) is 10.3. The van der Waals surface area contributed by atoms with Crippen LogP contribution < -0.4 is 14.8 Å². The number of thioether (sulfide) groups is 1. The van der Waals surface area contributed by atoms with Crippen LogP contribution in [0.1, 0.15) is 25.3 Å². The first kappa shape index (κ1) is 16.5. The van der Waals surface area contributed by atoms with Gasteiger partial charge in [-0.3, -0.25) is 0 Å². The summed E-state index contributed by atoms with van der Waals surface area (Å²) in [5.41, 5.74) is 1.27. The summed E-state index contributed by atoms with van der Waals surface area (Å²) in [6.45, 7) is 6.90. The highest BCUT2D eigenvalue weighted by Crippen LogP contribution is 2.36. The number of benzene rings is 1. The van der Waals surface area contributed by atoms with E-state index in [0.29, 0.717) is 13.2 Å². The Kier molecular flexibility index (Phi) is 7.19. The zero-order valence-corrected chi connectivity index (χ0v) is 13.8. The topological polar surface area (TPSA) is 39.7 Å². The molecule has 5 heteroatoms. The molecule has 2 rings (SSSR count). The Hall–Kier alpha value is -0.910. The minimum Gasteiger partial charge on any atom is -0.486 e. The summed E-state index contributed by atoms with van der Waals surface area (Å²) in [5.74, 6) is 1.73. The van der Waals surface area contributed by atoms with Crippen LogP contribution >= 0.6 is 11.8 Å². The minimum atomic E-state index is 0.632. The van der Waals surface area contributed by atoms with Gasteiger partial charge in [0, 0.05) is 24.7 Å². The van der Waals surface area contributed by atoms with E-state index in [9.17, 15) is 0 Å². The van der Waals surface area contributed by atoms with Gasteiger partial charge in [-0.2, -0.15) is 0 Å². The van der Waals surface area contributed by atoms with Gasteiger partial charge in [0.2, 0.25) is 0 Å². The van der Waals surface area contributed by atoms with E-state index in [-0.39, 0.29) is 0 Å². The van der Waals surface area contributed by atoms with E-state index in [0.717, 1.165) is 50.6 Å². The van der Waals surface area contributed by atoms with Crippen molar-refractivity contribution in [1.82, 2.24) is 5.32 Å². The van der Waals surface area contributed by atoms with Crippen molar-refractivity contribution >= 4 is 11.8 Å². The highest BCUT2D eigenvalue weighted by atomic mass is 32.2. The molecule has 1 aliphatic rings. The van der Waals surface area contributed by atoms with E-state index < -0.39 is 0 Å². The van der Waals surface area contributed by atoms with Crippen molar-refractivity contribution in [3.05, 3.63) is 17.7 Å². The van der Waals surface area contributed by atoms with Gasteiger partial charge >= 0.3 is 0 Å². The van der Waals surface area contributed by atoms with E-state index in [1.165, 1.54) is 10.5 Å². The molecule has 1 aromatic rings. The van der Waals surface area contributed by atoms with Crippen molar-refractivity contribution < 1.29 is 14.2 Å². The molecule has 1 N–H and O–H groups in total. The molecule has 0 amide bonds. The maximum Gasteiger partial charge on any atom is 0.162 e. The zero-order chi connectivity index (χ0) is 14.9. The molecule has 0 spiro atoms. The fourth-order valence-corrected chi connectivity index (χ4v) is 2.83. The SMILES string of the molecule is CCCOCCCNCc1cc2c(cc1SC)OCCO2.